The SMILES string of the molecule is Cc1c(CC(=O)N2CCN(c3ccccn3)CC2)c2ccccc2n1C. The first-order valence-electron chi connectivity index (χ1n) is 9.12. The van der Waals surface area contributed by atoms with Gasteiger partial charge in [-0.1, -0.05) is 24.3 Å². The van der Waals surface area contributed by atoms with Crippen molar-refractivity contribution in [3.8, 4) is 0 Å². The zero-order valence-corrected chi connectivity index (χ0v) is 15.4. The van der Waals surface area contributed by atoms with Crippen molar-refractivity contribution in [2.75, 3.05) is 31.1 Å². The number of carbonyl (C=O) groups is 1. The maximum absolute atomic E-state index is 12.9. The molecule has 3 heterocycles. The number of nitrogens with zero attached hydrogens (tertiary/aromatic N) is 4. The minimum Gasteiger partial charge on any atom is -0.353 e. The van der Waals surface area contributed by atoms with E-state index in [1.165, 1.54) is 16.6 Å². The molecule has 5 heteroatoms. The molecule has 0 aliphatic carbocycles. The highest BCUT2D eigenvalue weighted by atomic mass is 16.2. The van der Waals surface area contributed by atoms with Crippen molar-refractivity contribution >= 4 is 22.6 Å². The Morgan fingerprint density at radius 3 is 2.50 bits per heavy atom. The fourth-order valence-electron chi connectivity index (χ4n) is 3.81. The van der Waals surface area contributed by atoms with E-state index < -0.39 is 0 Å². The largest absolute Gasteiger partial charge is 0.353 e. The van der Waals surface area contributed by atoms with Gasteiger partial charge in [0.05, 0.1) is 6.42 Å². The molecule has 134 valence electrons. The van der Waals surface area contributed by atoms with Crippen molar-refractivity contribution in [2.24, 2.45) is 7.05 Å². The maximum Gasteiger partial charge on any atom is 0.227 e. The van der Waals surface area contributed by atoms with Crippen molar-refractivity contribution in [2.45, 2.75) is 13.3 Å². The number of rotatable bonds is 3. The number of piperazine rings is 1. The number of para-hydroxylation sites is 1. The first-order chi connectivity index (χ1) is 12.6. The molecule has 1 aromatic carbocycles. The lowest BCUT2D eigenvalue weighted by Crippen LogP contribution is -2.49. The lowest BCUT2D eigenvalue weighted by atomic mass is 10.1. The number of aryl methyl sites for hydroxylation is 1. The van der Waals surface area contributed by atoms with E-state index >= 15 is 0 Å². The van der Waals surface area contributed by atoms with Gasteiger partial charge in [0.2, 0.25) is 5.91 Å². The minimum atomic E-state index is 0.213. The average Bonchev–Trinajstić information content (AvgIpc) is 2.94. The number of aromatic nitrogens is 2. The molecule has 3 aromatic rings. The molecule has 26 heavy (non-hydrogen) atoms. The van der Waals surface area contributed by atoms with Crippen LogP contribution in [0.15, 0.2) is 48.7 Å². The van der Waals surface area contributed by atoms with Gasteiger partial charge >= 0.3 is 0 Å². The predicted octanol–water partition coefficient (Wildman–Crippen LogP) is 2.77. The number of fused-ring (bicyclic) bond motifs is 1. The van der Waals surface area contributed by atoms with Gasteiger partial charge in [-0.05, 0) is 30.7 Å². The lowest BCUT2D eigenvalue weighted by molar-refractivity contribution is -0.130. The van der Waals surface area contributed by atoms with E-state index in [0.29, 0.717) is 6.42 Å². The average molecular weight is 348 g/mol. The molecule has 0 radical (unpaired) electrons. The Morgan fingerprint density at radius 1 is 1.04 bits per heavy atom. The third-order valence-electron chi connectivity index (χ3n) is 5.46. The normalized spacial score (nSPS) is 14.8. The molecular formula is C21H24N4O. The van der Waals surface area contributed by atoms with E-state index in [1.54, 1.807) is 0 Å². The van der Waals surface area contributed by atoms with Crippen LogP contribution in [0.2, 0.25) is 0 Å². The molecular weight excluding hydrogens is 324 g/mol. The number of carbonyl (C=O) groups excluding carboxylic acids is 1. The molecule has 1 saturated heterocycles. The highest BCUT2D eigenvalue weighted by molar-refractivity contribution is 5.90. The first-order valence-corrected chi connectivity index (χ1v) is 9.12. The van der Waals surface area contributed by atoms with Crippen molar-refractivity contribution in [1.82, 2.24) is 14.5 Å². The Hall–Kier alpha value is -2.82. The highest BCUT2D eigenvalue weighted by Crippen LogP contribution is 2.25. The van der Waals surface area contributed by atoms with E-state index in [4.69, 9.17) is 0 Å². The van der Waals surface area contributed by atoms with Gasteiger partial charge < -0.3 is 14.4 Å². The molecule has 1 amide bonds. The van der Waals surface area contributed by atoms with Crippen LogP contribution < -0.4 is 4.90 Å². The zero-order valence-electron chi connectivity index (χ0n) is 15.4. The van der Waals surface area contributed by atoms with E-state index in [9.17, 15) is 4.79 Å². The Balaban J connectivity index is 1.46. The summed E-state index contributed by atoms with van der Waals surface area (Å²) in [5, 5.41) is 1.19. The molecule has 0 spiro atoms. The smallest absolute Gasteiger partial charge is 0.227 e. The number of pyridine rings is 1. The Labute approximate surface area is 153 Å². The summed E-state index contributed by atoms with van der Waals surface area (Å²) < 4.78 is 2.18. The number of amides is 1. The summed E-state index contributed by atoms with van der Waals surface area (Å²) in [5.41, 5.74) is 3.51. The van der Waals surface area contributed by atoms with E-state index in [-0.39, 0.29) is 5.91 Å². The summed E-state index contributed by atoms with van der Waals surface area (Å²) in [6, 6.07) is 14.3. The summed E-state index contributed by atoms with van der Waals surface area (Å²) in [7, 11) is 2.07. The molecule has 2 aromatic heterocycles. The predicted molar refractivity (Wildman–Crippen MR) is 104 cm³/mol. The molecule has 0 saturated carbocycles. The second kappa shape index (κ2) is 6.83. The van der Waals surface area contributed by atoms with Gasteiger partial charge in [0.25, 0.3) is 0 Å². The summed E-state index contributed by atoms with van der Waals surface area (Å²) in [6.45, 7) is 5.26. The van der Waals surface area contributed by atoms with Crippen molar-refractivity contribution in [3.05, 3.63) is 59.9 Å². The second-order valence-corrected chi connectivity index (χ2v) is 6.87. The molecule has 1 fully saturated rings. The highest BCUT2D eigenvalue weighted by Gasteiger charge is 2.23. The van der Waals surface area contributed by atoms with Gasteiger partial charge in [-0.3, -0.25) is 4.79 Å². The molecule has 1 aliphatic rings. The van der Waals surface area contributed by atoms with Gasteiger partial charge in [-0.25, -0.2) is 4.98 Å². The first kappa shape index (κ1) is 16.6. The quantitative estimate of drug-likeness (QED) is 0.731. The second-order valence-electron chi connectivity index (χ2n) is 6.87. The van der Waals surface area contributed by atoms with Crippen LogP contribution in [0.5, 0.6) is 0 Å². The van der Waals surface area contributed by atoms with E-state index in [1.807, 2.05) is 41.4 Å². The van der Waals surface area contributed by atoms with Crippen molar-refractivity contribution in [1.29, 1.82) is 0 Å². The third-order valence-corrected chi connectivity index (χ3v) is 5.46. The van der Waals surface area contributed by atoms with Crippen molar-refractivity contribution in [3.63, 3.8) is 0 Å². The molecule has 0 unspecified atom stereocenters. The van der Waals surface area contributed by atoms with Gasteiger partial charge in [-0.2, -0.15) is 0 Å². The molecule has 5 nitrogen and oxygen atoms in total. The Morgan fingerprint density at radius 2 is 1.77 bits per heavy atom. The maximum atomic E-state index is 12.9. The molecule has 1 aliphatic heterocycles. The van der Waals surface area contributed by atoms with Gasteiger partial charge in [-0.15, -0.1) is 0 Å². The standard InChI is InChI=1S/C21H24N4O/c1-16-18(17-7-3-4-8-19(17)23(16)2)15-21(26)25-13-11-24(12-14-25)20-9-5-6-10-22-20/h3-10H,11-15H2,1-2H3. The molecule has 4 rings (SSSR count). The monoisotopic (exact) mass is 348 g/mol. The van der Waals surface area contributed by atoms with Crippen LogP contribution in [0, 0.1) is 6.92 Å². The van der Waals surface area contributed by atoms with Crippen molar-refractivity contribution < 1.29 is 4.79 Å². The fourth-order valence-corrected chi connectivity index (χ4v) is 3.81. The van der Waals surface area contributed by atoms with Crippen LogP contribution in [-0.4, -0.2) is 46.5 Å². The molecule has 0 atom stereocenters. The van der Waals surface area contributed by atoms with Crippen LogP contribution in [0.3, 0.4) is 0 Å². The number of hydrogen-bond acceptors (Lipinski definition) is 3. The Bertz CT molecular complexity index is 924. The van der Waals surface area contributed by atoms with E-state index in [0.717, 1.165) is 37.6 Å². The van der Waals surface area contributed by atoms with Crippen LogP contribution in [0.4, 0.5) is 5.82 Å². The number of benzene rings is 1. The van der Waals surface area contributed by atoms with Crippen LogP contribution in [-0.2, 0) is 18.3 Å². The fraction of sp³-hybridized carbons (Fsp3) is 0.333. The Kier molecular flexibility index (Phi) is 4.37. The number of anilines is 1. The summed E-state index contributed by atoms with van der Waals surface area (Å²) in [6.07, 6.45) is 2.28. The van der Waals surface area contributed by atoms with Gasteiger partial charge in [0.1, 0.15) is 5.82 Å². The summed E-state index contributed by atoms with van der Waals surface area (Å²) in [5.74, 6) is 1.20. The third kappa shape index (κ3) is 2.94. The molecule has 0 bridgehead atoms. The summed E-state index contributed by atoms with van der Waals surface area (Å²) >= 11 is 0. The van der Waals surface area contributed by atoms with Gasteiger partial charge in [0, 0.05) is 56.0 Å². The lowest BCUT2D eigenvalue weighted by Gasteiger charge is -2.35. The van der Waals surface area contributed by atoms with Gasteiger partial charge in [0.15, 0.2) is 0 Å². The van der Waals surface area contributed by atoms with Crippen LogP contribution in [0.1, 0.15) is 11.3 Å². The minimum absolute atomic E-state index is 0.213. The summed E-state index contributed by atoms with van der Waals surface area (Å²) in [4.78, 5) is 21.5. The molecule has 0 N–H and O–H groups in total. The number of hydrogen-bond donors (Lipinski definition) is 0. The zero-order chi connectivity index (χ0) is 18.1. The van der Waals surface area contributed by atoms with E-state index in [2.05, 4.69) is 40.6 Å². The van der Waals surface area contributed by atoms with Crippen LogP contribution >= 0.6 is 0 Å². The topological polar surface area (TPSA) is 41.4 Å². The van der Waals surface area contributed by atoms with Crippen LogP contribution in [0.25, 0.3) is 10.9 Å².